The topological polar surface area (TPSA) is 101 Å². The van der Waals surface area contributed by atoms with Crippen LogP contribution in [0.4, 0.5) is 0 Å². The molecule has 0 spiro atoms. The summed E-state index contributed by atoms with van der Waals surface area (Å²) in [6, 6.07) is 3.06. The zero-order chi connectivity index (χ0) is 11.5. The van der Waals surface area contributed by atoms with Gasteiger partial charge < -0.3 is 9.84 Å². The number of rotatable bonds is 3. The van der Waals surface area contributed by atoms with Gasteiger partial charge in [-0.2, -0.15) is 0 Å². The van der Waals surface area contributed by atoms with Crippen LogP contribution in [0.2, 0.25) is 5.15 Å². The van der Waals surface area contributed by atoms with Crippen LogP contribution in [0.5, 0.6) is 11.6 Å². The molecule has 0 aromatic carbocycles. The lowest BCUT2D eigenvalue weighted by Crippen LogP contribution is -1.99. The van der Waals surface area contributed by atoms with Crippen LogP contribution in [0.25, 0.3) is 0 Å². The van der Waals surface area contributed by atoms with Crippen LogP contribution in [-0.2, 0) is 0 Å². The Balaban J connectivity index is 2.23. The van der Waals surface area contributed by atoms with E-state index in [1.54, 1.807) is 6.07 Å². The van der Waals surface area contributed by atoms with Gasteiger partial charge in [-0.3, -0.25) is 0 Å². The van der Waals surface area contributed by atoms with E-state index in [4.69, 9.17) is 21.4 Å². The van der Waals surface area contributed by atoms with Gasteiger partial charge in [0.2, 0.25) is 5.69 Å². The van der Waals surface area contributed by atoms with Crippen LogP contribution in [0.3, 0.4) is 0 Å². The number of hydrogen-bond donors (Lipinski definition) is 2. The van der Waals surface area contributed by atoms with Gasteiger partial charge in [-0.25, -0.2) is 14.9 Å². The summed E-state index contributed by atoms with van der Waals surface area (Å²) in [6.45, 7) is 0. The Morgan fingerprint density at radius 3 is 2.94 bits per heavy atom. The Bertz CT molecular complexity index is 510. The van der Waals surface area contributed by atoms with E-state index in [-0.39, 0.29) is 11.6 Å². The molecule has 2 aromatic rings. The molecule has 0 aliphatic carbocycles. The quantitative estimate of drug-likeness (QED) is 0.785. The molecule has 0 saturated carbocycles. The Labute approximate surface area is 94.0 Å². The number of aromatic amines is 1. The third kappa shape index (κ3) is 2.09. The van der Waals surface area contributed by atoms with Gasteiger partial charge >= 0.3 is 5.97 Å². The van der Waals surface area contributed by atoms with E-state index in [0.717, 1.165) is 0 Å². The first-order chi connectivity index (χ1) is 7.66. The summed E-state index contributed by atoms with van der Waals surface area (Å²) in [7, 11) is 0. The Morgan fingerprint density at radius 2 is 2.31 bits per heavy atom. The summed E-state index contributed by atoms with van der Waals surface area (Å²) in [6.07, 6.45) is 1.36. The summed E-state index contributed by atoms with van der Waals surface area (Å²) in [5.41, 5.74) is -0.296. The SMILES string of the molecule is O=C(O)c1nn[nH]c1Oc1ccc(Cl)nc1. The van der Waals surface area contributed by atoms with Crippen molar-refractivity contribution >= 4 is 17.6 Å². The molecule has 16 heavy (non-hydrogen) atoms. The number of aromatic carboxylic acids is 1. The maximum absolute atomic E-state index is 10.7. The molecule has 2 N–H and O–H groups in total. The third-order valence-electron chi connectivity index (χ3n) is 1.64. The molecule has 2 rings (SSSR count). The molecule has 2 heterocycles. The van der Waals surface area contributed by atoms with Crippen LogP contribution in [-0.4, -0.2) is 31.5 Å². The van der Waals surface area contributed by atoms with Crippen molar-refractivity contribution in [2.75, 3.05) is 0 Å². The Kier molecular flexibility index (Phi) is 2.69. The molecule has 7 nitrogen and oxygen atoms in total. The second-order valence-corrected chi connectivity index (χ2v) is 3.10. The summed E-state index contributed by atoms with van der Waals surface area (Å²) >= 11 is 5.58. The number of hydrogen-bond acceptors (Lipinski definition) is 5. The standard InChI is InChI=1S/C8H5ClN4O3/c9-5-2-1-4(3-10-5)16-7-6(8(14)15)11-13-12-7/h1-3H,(H,14,15)(H,11,12,13). The van der Waals surface area contributed by atoms with Gasteiger partial charge in [0, 0.05) is 0 Å². The summed E-state index contributed by atoms with van der Waals surface area (Å²) < 4.78 is 5.18. The number of nitrogens with one attached hydrogen (secondary N) is 1. The first-order valence-electron chi connectivity index (χ1n) is 4.10. The summed E-state index contributed by atoms with van der Waals surface area (Å²) in [5.74, 6) is -0.958. The van der Waals surface area contributed by atoms with Crippen LogP contribution in [0.1, 0.15) is 10.5 Å². The van der Waals surface area contributed by atoms with Gasteiger partial charge in [0.05, 0.1) is 6.20 Å². The monoisotopic (exact) mass is 240 g/mol. The fourth-order valence-corrected chi connectivity index (χ4v) is 1.08. The minimum absolute atomic E-state index is 0.0587. The van der Waals surface area contributed by atoms with Crippen molar-refractivity contribution in [1.29, 1.82) is 0 Å². The number of aromatic nitrogens is 4. The minimum atomic E-state index is -1.23. The number of carboxylic acids is 1. The van der Waals surface area contributed by atoms with E-state index in [0.29, 0.717) is 10.9 Å². The molecule has 0 saturated heterocycles. The summed E-state index contributed by atoms with van der Waals surface area (Å²) in [4.78, 5) is 14.5. The molecular formula is C8H5ClN4O3. The molecule has 2 aromatic heterocycles. The maximum atomic E-state index is 10.7. The number of pyridine rings is 1. The zero-order valence-electron chi connectivity index (χ0n) is 7.72. The smallest absolute Gasteiger partial charge is 0.362 e. The molecule has 0 amide bonds. The molecular weight excluding hydrogens is 236 g/mol. The number of H-pyrrole nitrogens is 1. The van der Waals surface area contributed by atoms with Crippen molar-refractivity contribution < 1.29 is 14.6 Å². The third-order valence-corrected chi connectivity index (χ3v) is 1.86. The van der Waals surface area contributed by atoms with E-state index < -0.39 is 5.97 Å². The van der Waals surface area contributed by atoms with Crippen molar-refractivity contribution in [2.45, 2.75) is 0 Å². The second-order valence-electron chi connectivity index (χ2n) is 2.71. The molecule has 0 unspecified atom stereocenters. The fraction of sp³-hybridized carbons (Fsp3) is 0. The highest BCUT2D eigenvalue weighted by Gasteiger charge is 2.16. The van der Waals surface area contributed by atoms with Crippen LogP contribution in [0.15, 0.2) is 18.3 Å². The highest BCUT2D eigenvalue weighted by atomic mass is 35.5. The minimum Gasteiger partial charge on any atom is -0.476 e. The van der Waals surface area contributed by atoms with E-state index in [9.17, 15) is 4.79 Å². The van der Waals surface area contributed by atoms with Gasteiger partial charge in [0.1, 0.15) is 10.9 Å². The largest absolute Gasteiger partial charge is 0.476 e. The van der Waals surface area contributed by atoms with Crippen molar-refractivity contribution in [3.05, 3.63) is 29.2 Å². The molecule has 0 aliphatic heterocycles. The maximum Gasteiger partial charge on any atom is 0.362 e. The van der Waals surface area contributed by atoms with Gasteiger partial charge in [-0.05, 0) is 12.1 Å². The molecule has 0 radical (unpaired) electrons. The van der Waals surface area contributed by atoms with Crippen LogP contribution < -0.4 is 4.74 Å². The van der Waals surface area contributed by atoms with E-state index in [2.05, 4.69) is 20.4 Å². The van der Waals surface area contributed by atoms with Crippen LogP contribution >= 0.6 is 11.6 Å². The number of nitrogens with zero attached hydrogens (tertiary/aromatic N) is 3. The van der Waals surface area contributed by atoms with E-state index in [1.807, 2.05) is 0 Å². The average molecular weight is 241 g/mol. The van der Waals surface area contributed by atoms with E-state index in [1.165, 1.54) is 12.3 Å². The molecule has 0 aliphatic rings. The first kappa shape index (κ1) is 10.4. The lowest BCUT2D eigenvalue weighted by Gasteiger charge is -2.01. The van der Waals surface area contributed by atoms with Crippen molar-refractivity contribution in [1.82, 2.24) is 20.4 Å². The normalized spacial score (nSPS) is 10.1. The Morgan fingerprint density at radius 1 is 1.50 bits per heavy atom. The first-order valence-corrected chi connectivity index (χ1v) is 4.48. The van der Waals surface area contributed by atoms with Crippen molar-refractivity contribution in [2.24, 2.45) is 0 Å². The van der Waals surface area contributed by atoms with Crippen LogP contribution in [0, 0.1) is 0 Å². The lowest BCUT2D eigenvalue weighted by molar-refractivity contribution is 0.0687. The van der Waals surface area contributed by atoms with Gasteiger partial charge in [0.15, 0.2) is 0 Å². The average Bonchev–Trinajstić information content (AvgIpc) is 2.69. The van der Waals surface area contributed by atoms with Crippen molar-refractivity contribution in [3.8, 4) is 11.6 Å². The van der Waals surface area contributed by atoms with Gasteiger partial charge in [-0.15, -0.1) is 5.10 Å². The predicted molar refractivity (Wildman–Crippen MR) is 52.7 cm³/mol. The number of ether oxygens (including phenoxy) is 1. The Hall–Kier alpha value is -2.15. The van der Waals surface area contributed by atoms with Gasteiger partial charge in [0.25, 0.3) is 5.88 Å². The predicted octanol–water partition coefficient (Wildman–Crippen LogP) is 1.34. The molecule has 0 fully saturated rings. The summed E-state index contributed by atoms with van der Waals surface area (Å²) in [5, 5.41) is 18.1. The molecule has 0 bridgehead atoms. The lowest BCUT2D eigenvalue weighted by atomic mass is 10.4. The molecule has 82 valence electrons. The van der Waals surface area contributed by atoms with Crippen molar-refractivity contribution in [3.63, 3.8) is 0 Å². The fourth-order valence-electron chi connectivity index (χ4n) is 0.970. The van der Waals surface area contributed by atoms with E-state index >= 15 is 0 Å². The second kappa shape index (κ2) is 4.15. The number of carbonyl (C=O) groups is 1. The molecule has 0 atom stereocenters. The number of halogens is 1. The highest BCUT2D eigenvalue weighted by Crippen LogP contribution is 2.21. The molecule has 8 heteroatoms. The highest BCUT2D eigenvalue weighted by molar-refractivity contribution is 6.29. The van der Waals surface area contributed by atoms with Gasteiger partial charge in [-0.1, -0.05) is 16.8 Å². The zero-order valence-corrected chi connectivity index (χ0v) is 8.47. The number of carboxylic acid groups (broad SMARTS) is 1.